The van der Waals surface area contributed by atoms with Crippen LogP contribution in [-0.2, 0) is 16.0 Å². The lowest BCUT2D eigenvalue weighted by atomic mass is 10.0. The second-order valence-electron chi connectivity index (χ2n) is 8.42. The van der Waals surface area contributed by atoms with Gasteiger partial charge in [0.15, 0.2) is 6.61 Å². The number of piperidine rings is 1. The van der Waals surface area contributed by atoms with E-state index < -0.39 is 0 Å². The molecule has 3 rings (SSSR count). The minimum Gasteiger partial charge on any atom is -0.494 e. The lowest BCUT2D eigenvalue weighted by Gasteiger charge is -2.32. The van der Waals surface area contributed by atoms with E-state index in [2.05, 4.69) is 11.4 Å². The molecular formula is C26H34N2O4. The molecule has 0 aliphatic carbocycles. The van der Waals surface area contributed by atoms with Crippen LogP contribution in [0.4, 0.5) is 0 Å². The molecule has 1 aliphatic rings. The third-order valence-corrected chi connectivity index (χ3v) is 6.02. The van der Waals surface area contributed by atoms with Crippen LogP contribution in [0.2, 0.25) is 0 Å². The molecule has 0 spiro atoms. The van der Waals surface area contributed by atoms with Crippen molar-refractivity contribution in [1.29, 1.82) is 0 Å². The van der Waals surface area contributed by atoms with Crippen molar-refractivity contribution in [3.63, 3.8) is 0 Å². The van der Waals surface area contributed by atoms with Gasteiger partial charge in [-0.15, -0.1) is 0 Å². The van der Waals surface area contributed by atoms with Crippen molar-refractivity contribution in [2.75, 3.05) is 26.3 Å². The molecule has 6 heteroatoms. The van der Waals surface area contributed by atoms with Gasteiger partial charge < -0.3 is 19.7 Å². The van der Waals surface area contributed by atoms with Crippen molar-refractivity contribution in [2.45, 2.75) is 53.0 Å². The van der Waals surface area contributed by atoms with Crippen LogP contribution in [0.1, 0.15) is 42.0 Å². The Kier molecular flexibility index (Phi) is 8.14. The van der Waals surface area contributed by atoms with Crippen LogP contribution in [0.5, 0.6) is 11.5 Å². The molecule has 2 aromatic rings. The lowest BCUT2D eigenvalue weighted by molar-refractivity contribution is -0.131. The number of carbonyl (C=O) groups is 2. The topological polar surface area (TPSA) is 67.9 Å². The Hall–Kier alpha value is -3.02. The molecule has 0 atom stereocenters. The van der Waals surface area contributed by atoms with E-state index in [0.717, 1.165) is 46.6 Å². The normalized spacial score (nSPS) is 14.2. The average molecular weight is 439 g/mol. The highest BCUT2D eigenvalue weighted by Gasteiger charge is 2.24. The fraction of sp³-hybridized carbons (Fsp3) is 0.462. The monoisotopic (exact) mass is 438 g/mol. The van der Waals surface area contributed by atoms with Gasteiger partial charge in [0.25, 0.3) is 5.91 Å². The van der Waals surface area contributed by atoms with Crippen molar-refractivity contribution in [2.24, 2.45) is 0 Å². The highest BCUT2D eigenvalue weighted by Crippen LogP contribution is 2.25. The minimum atomic E-state index is -0.121. The van der Waals surface area contributed by atoms with E-state index in [9.17, 15) is 9.59 Å². The number of amides is 2. The van der Waals surface area contributed by atoms with Crippen molar-refractivity contribution in [1.82, 2.24) is 10.2 Å². The average Bonchev–Trinajstić information content (AvgIpc) is 2.78. The molecule has 1 N–H and O–H groups in total. The summed E-state index contributed by atoms with van der Waals surface area (Å²) in [5.41, 5.74) is 4.22. The van der Waals surface area contributed by atoms with Gasteiger partial charge >= 0.3 is 0 Å². The maximum absolute atomic E-state index is 12.6. The van der Waals surface area contributed by atoms with Gasteiger partial charge in [-0.25, -0.2) is 0 Å². The van der Waals surface area contributed by atoms with Crippen LogP contribution in [0.3, 0.4) is 0 Å². The first kappa shape index (κ1) is 23.6. The SMILES string of the molecule is CCOc1ccc(CC(=O)N2CCC(NC(=O)COc3c(C)ccc(C)c3C)CC2)cc1. The van der Waals surface area contributed by atoms with Gasteiger partial charge in [-0.05, 0) is 74.9 Å². The van der Waals surface area contributed by atoms with Crippen LogP contribution < -0.4 is 14.8 Å². The van der Waals surface area contributed by atoms with E-state index in [-0.39, 0.29) is 24.5 Å². The standard InChI is InChI=1S/C26H34N2O4/c1-5-31-23-10-8-21(9-11-23)16-25(30)28-14-12-22(13-15-28)27-24(29)17-32-26-19(3)7-6-18(2)20(26)4/h6-11,22H,5,12-17H2,1-4H3,(H,27,29). The van der Waals surface area contributed by atoms with Gasteiger partial charge in [-0.2, -0.15) is 0 Å². The second kappa shape index (κ2) is 11.0. The van der Waals surface area contributed by atoms with Gasteiger partial charge in [-0.1, -0.05) is 24.3 Å². The fourth-order valence-electron chi connectivity index (χ4n) is 3.98. The van der Waals surface area contributed by atoms with E-state index >= 15 is 0 Å². The second-order valence-corrected chi connectivity index (χ2v) is 8.42. The molecule has 0 unspecified atom stereocenters. The van der Waals surface area contributed by atoms with Crippen molar-refractivity contribution in [3.8, 4) is 11.5 Å². The Bertz CT molecular complexity index is 932. The summed E-state index contributed by atoms with van der Waals surface area (Å²) in [6.45, 7) is 9.91. The van der Waals surface area contributed by atoms with E-state index in [0.29, 0.717) is 26.1 Å². The van der Waals surface area contributed by atoms with E-state index in [4.69, 9.17) is 9.47 Å². The smallest absolute Gasteiger partial charge is 0.258 e. The van der Waals surface area contributed by atoms with Crippen molar-refractivity contribution >= 4 is 11.8 Å². The zero-order valence-corrected chi connectivity index (χ0v) is 19.6. The zero-order chi connectivity index (χ0) is 23.1. The predicted molar refractivity (Wildman–Crippen MR) is 125 cm³/mol. The number of rotatable bonds is 8. The number of benzene rings is 2. The van der Waals surface area contributed by atoms with Crippen LogP contribution in [0, 0.1) is 20.8 Å². The number of aryl methyl sites for hydroxylation is 2. The lowest BCUT2D eigenvalue weighted by Crippen LogP contribution is -2.47. The molecule has 1 saturated heterocycles. The number of ether oxygens (including phenoxy) is 2. The number of nitrogens with one attached hydrogen (secondary N) is 1. The summed E-state index contributed by atoms with van der Waals surface area (Å²) in [5, 5.41) is 3.05. The Balaban J connectivity index is 1.42. The van der Waals surface area contributed by atoms with E-state index in [1.807, 2.05) is 62.9 Å². The summed E-state index contributed by atoms with van der Waals surface area (Å²) in [6.07, 6.45) is 1.89. The Morgan fingerprint density at radius 1 is 0.969 bits per heavy atom. The number of likely N-dealkylation sites (tertiary alicyclic amines) is 1. The van der Waals surface area contributed by atoms with Gasteiger partial charge in [0.2, 0.25) is 5.91 Å². The summed E-state index contributed by atoms with van der Waals surface area (Å²) in [5.74, 6) is 1.60. The molecule has 0 saturated carbocycles. The first-order valence-corrected chi connectivity index (χ1v) is 11.4. The quantitative estimate of drug-likeness (QED) is 0.682. The Labute approximate surface area is 190 Å². The molecule has 0 bridgehead atoms. The maximum atomic E-state index is 12.6. The summed E-state index contributed by atoms with van der Waals surface area (Å²) in [7, 11) is 0. The van der Waals surface area contributed by atoms with Crippen LogP contribution in [0.15, 0.2) is 36.4 Å². The summed E-state index contributed by atoms with van der Waals surface area (Å²) < 4.78 is 11.3. The molecule has 172 valence electrons. The van der Waals surface area contributed by atoms with Crippen molar-refractivity contribution < 1.29 is 19.1 Å². The first-order chi connectivity index (χ1) is 15.4. The third kappa shape index (κ3) is 6.25. The minimum absolute atomic E-state index is 0.00200. The Morgan fingerprint density at radius 2 is 1.62 bits per heavy atom. The molecule has 2 amide bonds. The highest BCUT2D eigenvalue weighted by molar-refractivity contribution is 5.79. The third-order valence-electron chi connectivity index (χ3n) is 6.02. The summed E-state index contributed by atoms with van der Waals surface area (Å²) >= 11 is 0. The number of nitrogens with zero attached hydrogens (tertiary/aromatic N) is 1. The largest absolute Gasteiger partial charge is 0.494 e. The van der Waals surface area contributed by atoms with E-state index in [1.165, 1.54) is 0 Å². The molecule has 1 fully saturated rings. The molecule has 1 aliphatic heterocycles. The molecule has 32 heavy (non-hydrogen) atoms. The molecule has 0 radical (unpaired) electrons. The molecule has 0 aromatic heterocycles. The number of carbonyl (C=O) groups excluding carboxylic acids is 2. The van der Waals surface area contributed by atoms with Gasteiger partial charge in [0, 0.05) is 19.1 Å². The number of hydrogen-bond acceptors (Lipinski definition) is 4. The molecule has 2 aromatic carbocycles. The van der Waals surface area contributed by atoms with Gasteiger partial charge in [0.05, 0.1) is 13.0 Å². The fourth-order valence-corrected chi connectivity index (χ4v) is 3.98. The molecule has 1 heterocycles. The Morgan fingerprint density at radius 3 is 2.28 bits per heavy atom. The molecular weight excluding hydrogens is 404 g/mol. The maximum Gasteiger partial charge on any atom is 0.258 e. The van der Waals surface area contributed by atoms with Gasteiger partial charge in [-0.3, -0.25) is 9.59 Å². The van der Waals surface area contributed by atoms with Gasteiger partial charge in [0.1, 0.15) is 11.5 Å². The zero-order valence-electron chi connectivity index (χ0n) is 19.6. The summed E-state index contributed by atoms with van der Waals surface area (Å²) in [4.78, 5) is 26.9. The van der Waals surface area contributed by atoms with Crippen LogP contribution in [0.25, 0.3) is 0 Å². The van der Waals surface area contributed by atoms with E-state index in [1.54, 1.807) is 0 Å². The number of hydrogen-bond donors (Lipinski definition) is 1. The molecule has 6 nitrogen and oxygen atoms in total. The van der Waals surface area contributed by atoms with Crippen LogP contribution >= 0.6 is 0 Å². The van der Waals surface area contributed by atoms with Crippen LogP contribution in [-0.4, -0.2) is 49.1 Å². The van der Waals surface area contributed by atoms with Crippen molar-refractivity contribution in [3.05, 3.63) is 58.7 Å². The highest BCUT2D eigenvalue weighted by atomic mass is 16.5. The predicted octanol–water partition coefficient (Wildman–Crippen LogP) is 3.74. The first-order valence-electron chi connectivity index (χ1n) is 11.4. The summed E-state index contributed by atoms with van der Waals surface area (Å²) in [6, 6.07) is 11.8.